The maximum atomic E-state index is 13.0. The number of aliphatic hydroxyl groups excluding tert-OH is 1. The van der Waals surface area contributed by atoms with Crippen molar-refractivity contribution >= 4 is 53.3 Å². The molecule has 0 aliphatic heterocycles. The first-order chi connectivity index (χ1) is 22.0. The average molecular weight is 674 g/mol. The van der Waals surface area contributed by atoms with Crippen molar-refractivity contribution in [3.63, 3.8) is 0 Å². The molecule has 0 saturated carbocycles. The van der Waals surface area contributed by atoms with Crippen molar-refractivity contribution in [1.29, 1.82) is 0 Å². The summed E-state index contributed by atoms with van der Waals surface area (Å²) in [6.45, 7) is 2.16. The molecule has 5 atom stereocenters. The quantitative estimate of drug-likeness (QED) is 0.0289. The fourth-order valence-corrected chi connectivity index (χ4v) is 3.60. The minimum Gasteiger partial charge on any atom is -0.480 e. The van der Waals surface area contributed by atoms with Crippen LogP contribution in [0.25, 0.3) is 0 Å². The predicted octanol–water partition coefficient (Wildman–Crippen LogP) is -6.57. The number of rotatable bonds is 22. The monoisotopic (exact) mass is 673 g/mol. The van der Waals surface area contributed by atoms with E-state index in [0.29, 0.717) is 12.8 Å². The fraction of sp³-hybridized carbons (Fsp3) is 0.654. The summed E-state index contributed by atoms with van der Waals surface area (Å²) in [5.74, 6) is -7.16. The number of hydrogen-bond donors (Lipinski definition) is 12. The molecule has 0 radical (unpaired) electrons. The van der Waals surface area contributed by atoms with E-state index >= 15 is 0 Å². The van der Waals surface area contributed by atoms with Gasteiger partial charge in [0.05, 0.1) is 38.8 Å². The van der Waals surface area contributed by atoms with Crippen LogP contribution in [0.1, 0.15) is 40.0 Å². The average Bonchev–Trinajstić information content (AvgIpc) is 3.02. The molecule has 0 aromatic rings. The SMILES string of the molecule is CC[C@H](C)[C@H](NC(=O)[C@H](CCCN=C(N)N)NC(=O)CN)C(=O)NCC(=O)NCC(=O)NCC(=O)NCC(=O)N[C@H](C(=O)O)[C@@H](C)O. The maximum absolute atomic E-state index is 13.0. The number of aliphatic hydroxyl groups is 1. The number of nitrogens with one attached hydrogen (secondary N) is 7. The molecular formula is C26H47N11O10. The Morgan fingerprint density at radius 1 is 0.702 bits per heavy atom. The molecule has 266 valence electrons. The van der Waals surface area contributed by atoms with Gasteiger partial charge in [0.2, 0.25) is 41.4 Å². The first-order valence-electron chi connectivity index (χ1n) is 14.6. The molecule has 0 spiro atoms. The molecule has 0 heterocycles. The molecule has 0 bridgehead atoms. The molecule has 0 fully saturated rings. The molecule has 0 unspecified atom stereocenters. The molecule has 0 aliphatic rings. The van der Waals surface area contributed by atoms with Crippen LogP contribution in [0.2, 0.25) is 0 Å². The number of carboxylic acids is 1. The molecule has 0 aromatic carbocycles. The summed E-state index contributed by atoms with van der Waals surface area (Å²) in [6.07, 6.45) is -0.442. The van der Waals surface area contributed by atoms with Gasteiger partial charge in [-0.15, -0.1) is 0 Å². The third-order valence-corrected chi connectivity index (χ3v) is 6.40. The van der Waals surface area contributed by atoms with Gasteiger partial charge in [0.25, 0.3) is 0 Å². The van der Waals surface area contributed by atoms with E-state index in [9.17, 15) is 43.5 Å². The van der Waals surface area contributed by atoms with Crippen LogP contribution in [0.15, 0.2) is 4.99 Å². The number of aliphatic imine (C=N–C) groups is 1. The highest BCUT2D eigenvalue weighted by molar-refractivity contribution is 5.94. The van der Waals surface area contributed by atoms with Gasteiger partial charge in [0.15, 0.2) is 12.0 Å². The van der Waals surface area contributed by atoms with E-state index in [4.69, 9.17) is 22.3 Å². The minimum atomic E-state index is -1.58. The lowest BCUT2D eigenvalue weighted by Gasteiger charge is -2.26. The lowest BCUT2D eigenvalue weighted by Crippen LogP contribution is -2.57. The van der Waals surface area contributed by atoms with Crippen LogP contribution in [-0.2, 0) is 38.4 Å². The van der Waals surface area contributed by atoms with Crippen LogP contribution in [0.4, 0.5) is 0 Å². The number of nitrogens with two attached hydrogens (primary N) is 3. The Balaban J connectivity index is 4.83. The van der Waals surface area contributed by atoms with Crippen LogP contribution >= 0.6 is 0 Å². The van der Waals surface area contributed by atoms with Crippen LogP contribution in [0, 0.1) is 5.92 Å². The molecule has 0 rings (SSSR count). The van der Waals surface area contributed by atoms with Crippen molar-refractivity contribution < 1.29 is 48.6 Å². The molecule has 0 aliphatic carbocycles. The molecule has 21 heteroatoms. The second-order valence-electron chi connectivity index (χ2n) is 10.3. The molecule has 0 aromatic heterocycles. The number of carbonyl (C=O) groups is 8. The number of aliphatic carboxylic acids is 1. The van der Waals surface area contributed by atoms with Crippen molar-refractivity contribution in [3.05, 3.63) is 0 Å². The van der Waals surface area contributed by atoms with E-state index in [0.717, 1.165) is 6.92 Å². The highest BCUT2D eigenvalue weighted by Gasteiger charge is 2.30. The molecular weight excluding hydrogens is 626 g/mol. The number of nitrogens with zero attached hydrogens (tertiary/aromatic N) is 1. The number of hydrogen-bond acceptors (Lipinski definition) is 11. The van der Waals surface area contributed by atoms with Gasteiger partial charge in [0, 0.05) is 6.54 Å². The first kappa shape index (κ1) is 41.9. The van der Waals surface area contributed by atoms with Crippen molar-refractivity contribution in [1.82, 2.24) is 37.2 Å². The zero-order valence-corrected chi connectivity index (χ0v) is 26.6. The van der Waals surface area contributed by atoms with Crippen molar-refractivity contribution in [2.24, 2.45) is 28.1 Å². The summed E-state index contributed by atoms with van der Waals surface area (Å²) in [7, 11) is 0. The Hall–Kier alpha value is -5.05. The number of amides is 7. The zero-order chi connectivity index (χ0) is 36.1. The van der Waals surface area contributed by atoms with Gasteiger partial charge >= 0.3 is 5.97 Å². The highest BCUT2D eigenvalue weighted by atomic mass is 16.4. The Labute approximate surface area is 271 Å². The highest BCUT2D eigenvalue weighted by Crippen LogP contribution is 2.09. The molecule has 15 N–H and O–H groups in total. The Morgan fingerprint density at radius 3 is 1.66 bits per heavy atom. The Morgan fingerprint density at radius 2 is 1.21 bits per heavy atom. The second kappa shape index (κ2) is 22.5. The van der Waals surface area contributed by atoms with Gasteiger partial charge in [-0.05, 0) is 25.7 Å². The van der Waals surface area contributed by atoms with E-state index in [1.54, 1.807) is 13.8 Å². The minimum absolute atomic E-state index is 0.133. The topological polar surface area (TPSA) is 352 Å². The van der Waals surface area contributed by atoms with Gasteiger partial charge in [-0.25, -0.2) is 4.79 Å². The van der Waals surface area contributed by atoms with Gasteiger partial charge < -0.3 is 64.6 Å². The van der Waals surface area contributed by atoms with Crippen LogP contribution in [0.5, 0.6) is 0 Å². The zero-order valence-electron chi connectivity index (χ0n) is 26.6. The summed E-state index contributed by atoms with van der Waals surface area (Å²) in [6, 6.07) is -3.70. The first-order valence-corrected chi connectivity index (χ1v) is 14.6. The lowest BCUT2D eigenvalue weighted by atomic mass is 9.97. The van der Waals surface area contributed by atoms with Crippen molar-refractivity contribution in [3.8, 4) is 0 Å². The van der Waals surface area contributed by atoms with E-state index in [1.165, 1.54) is 0 Å². The molecule has 47 heavy (non-hydrogen) atoms. The van der Waals surface area contributed by atoms with Gasteiger partial charge in [0.1, 0.15) is 12.1 Å². The fourth-order valence-electron chi connectivity index (χ4n) is 3.60. The number of carboxylic acid groups (broad SMARTS) is 1. The van der Waals surface area contributed by atoms with Gasteiger partial charge in [-0.3, -0.25) is 38.6 Å². The van der Waals surface area contributed by atoms with Crippen LogP contribution < -0.4 is 54.4 Å². The van der Waals surface area contributed by atoms with Gasteiger partial charge in [-0.1, -0.05) is 20.3 Å². The Bertz CT molecular complexity index is 1140. The third kappa shape index (κ3) is 18.5. The maximum Gasteiger partial charge on any atom is 0.328 e. The Kier molecular flexibility index (Phi) is 20.0. The summed E-state index contributed by atoms with van der Waals surface area (Å²) in [4.78, 5) is 100. The van der Waals surface area contributed by atoms with Crippen molar-refractivity contribution in [2.45, 2.75) is 64.3 Å². The van der Waals surface area contributed by atoms with Crippen LogP contribution in [-0.4, -0.2) is 127 Å². The molecule has 0 saturated heterocycles. The number of carbonyl (C=O) groups excluding carboxylic acids is 7. The summed E-state index contributed by atoms with van der Waals surface area (Å²) >= 11 is 0. The largest absolute Gasteiger partial charge is 0.480 e. The van der Waals surface area contributed by atoms with E-state index < -0.39 is 97.7 Å². The smallest absolute Gasteiger partial charge is 0.328 e. The molecule has 7 amide bonds. The van der Waals surface area contributed by atoms with Crippen molar-refractivity contribution in [2.75, 3.05) is 39.3 Å². The van der Waals surface area contributed by atoms with E-state index in [2.05, 4.69) is 36.9 Å². The normalized spacial score (nSPS) is 13.6. The van der Waals surface area contributed by atoms with Crippen LogP contribution in [0.3, 0.4) is 0 Å². The summed E-state index contributed by atoms with van der Waals surface area (Å²) < 4.78 is 0. The standard InChI is InChI=1S/C26H47N11O10/c1-4-13(2)21(37-23(44)15(35-16(39)8-27)6-5-7-30-26(28)29)24(45)34-11-19(42)32-9-17(40)31-10-18(41)33-12-20(43)36-22(14(3)38)25(46)47/h13-15,21-22,38H,4-12,27H2,1-3H3,(H,31,40)(H,32,42)(H,33,41)(H,34,45)(H,35,39)(H,36,43)(H,37,44)(H,46,47)(H4,28,29,30)/t13-,14+,15-,21-,22-/m0/s1. The van der Waals surface area contributed by atoms with E-state index in [1.807, 2.05) is 5.32 Å². The lowest BCUT2D eigenvalue weighted by molar-refractivity contribution is -0.144. The van der Waals surface area contributed by atoms with E-state index in [-0.39, 0.29) is 31.4 Å². The molecule has 21 nitrogen and oxygen atoms in total. The third-order valence-electron chi connectivity index (χ3n) is 6.40. The summed E-state index contributed by atoms with van der Waals surface area (Å²) in [5.41, 5.74) is 15.9. The summed E-state index contributed by atoms with van der Waals surface area (Å²) in [5, 5.41) is 34.4. The second-order valence-corrected chi connectivity index (χ2v) is 10.3. The predicted molar refractivity (Wildman–Crippen MR) is 166 cm³/mol. The van der Waals surface area contributed by atoms with Gasteiger partial charge in [-0.2, -0.15) is 0 Å². The number of guanidine groups is 1.